The molecule has 36 heteroatoms. The summed E-state index contributed by atoms with van der Waals surface area (Å²) < 4.78 is 216. The number of aliphatic hydroxyl groups is 3. The van der Waals surface area contributed by atoms with E-state index in [1.54, 1.807) is 0 Å². The Morgan fingerprint density at radius 2 is 0.483 bits per heavy atom. The third-order valence-corrected chi connectivity index (χ3v) is 13.1. The highest BCUT2D eigenvalue weighted by Gasteiger charge is 2.81. The molecule has 0 amide bonds. The van der Waals surface area contributed by atoms with Crippen molar-refractivity contribution in [2.75, 3.05) is 0 Å². The minimum Gasteiger partial charge on any atom is -0.480 e. The molecule has 24 nitrogen and oxygen atoms in total. The first-order chi connectivity index (χ1) is 40.3. The molecule has 2 saturated carbocycles. The van der Waals surface area contributed by atoms with Crippen LogP contribution in [-0.4, -0.2) is 128 Å². The lowest BCUT2D eigenvalue weighted by molar-refractivity contribution is -0.456. The molecular formula is C51H34F12O24. The summed E-state index contributed by atoms with van der Waals surface area (Å²) in [4.78, 5) is 115. The molecule has 0 aromatic heterocycles. The quantitative estimate of drug-likeness (QED) is 0.0522. The number of hydrogen-bond acceptors (Lipinski definition) is 24. The van der Waals surface area contributed by atoms with Gasteiger partial charge >= 0.3 is 90.0 Å². The Balaban J connectivity index is 0.790. The largest absolute Gasteiger partial charge is 0.480 e. The van der Waals surface area contributed by atoms with Gasteiger partial charge in [0.2, 0.25) is 0 Å². The molecule has 2 aliphatic carbocycles. The van der Waals surface area contributed by atoms with Gasteiger partial charge in [-0.25, -0.2) is 43.2 Å². The van der Waals surface area contributed by atoms with Gasteiger partial charge in [0.15, 0.2) is 0 Å². The predicted molar refractivity (Wildman–Crippen MR) is 244 cm³/mol. The molecule has 0 aromatic rings. The first-order valence-corrected chi connectivity index (χ1v) is 24.2. The number of rotatable bonds is 9. The van der Waals surface area contributed by atoms with Crippen LogP contribution in [-0.2, 0) is 100.0 Å². The molecule has 8 aliphatic rings. The summed E-state index contributed by atoms with van der Waals surface area (Å²) in [7, 11) is 0. The first-order valence-electron chi connectivity index (χ1n) is 24.2. The zero-order chi connectivity index (χ0) is 64.1. The van der Waals surface area contributed by atoms with Gasteiger partial charge in [-0.2, -0.15) is 52.7 Å². The van der Waals surface area contributed by atoms with E-state index in [9.17, 15) is 111 Å². The van der Waals surface area contributed by atoms with E-state index in [-0.39, 0.29) is 51.4 Å². The van der Waals surface area contributed by atoms with Gasteiger partial charge in [-0.3, -0.25) is 0 Å². The van der Waals surface area contributed by atoms with Gasteiger partial charge < -0.3 is 72.2 Å². The molecule has 0 atom stereocenters. The van der Waals surface area contributed by atoms with Crippen molar-refractivity contribution in [3.63, 3.8) is 0 Å². The fraction of sp³-hybridized carbons (Fsp3) is 0.353. The number of alkyl halides is 12. The summed E-state index contributed by atoms with van der Waals surface area (Å²) in [6.07, 6.45) is -15.1. The van der Waals surface area contributed by atoms with Crippen molar-refractivity contribution in [3.05, 3.63) is 142 Å². The average Bonchev–Trinajstić information content (AvgIpc) is 0.908. The lowest BCUT2D eigenvalue weighted by Gasteiger charge is -2.46. The van der Waals surface area contributed by atoms with Gasteiger partial charge in [0.1, 0.15) is 33.4 Å². The molecule has 3 saturated heterocycles. The van der Waals surface area contributed by atoms with Crippen LogP contribution in [0, 0.1) is 0 Å². The molecule has 5 fully saturated rings. The maximum absolute atomic E-state index is 13.2. The van der Waals surface area contributed by atoms with Crippen LogP contribution in [0.3, 0.4) is 0 Å². The number of halogens is 12. The van der Waals surface area contributed by atoms with Gasteiger partial charge in [0, 0.05) is 51.4 Å². The van der Waals surface area contributed by atoms with Crippen molar-refractivity contribution in [2.24, 2.45) is 0 Å². The number of allylic oxidation sites excluding steroid dienone is 12. The van der Waals surface area contributed by atoms with E-state index in [0.717, 1.165) is 72.9 Å². The van der Waals surface area contributed by atoms with Crippen molar-refractivity contribution in [3.8, 4) is 0 Å². The van der Waals surface area contributed by atoms with E-state index in [4.69, 9.17) is 37.9 Å². The first kappa shape index (κ1) is 63.1. The Morgan fingerprint density at radius 1 is 0.276 bits per heavy atom. The number of esters is 9. The van der Waals surface area contributed by atoms with E-state index in [1.807, 2.05) is 0 Å². The lowest BCUT2D eigenvalue weighted by atomic mass is 9.87. The molecule has 3 N–H and O–H groups in total. The highest BCUT2D eigenvalue weighted by atomic mass is 19.4. The van der Waals surface area contributed by atoms with Gasteiger partial charge in [0.25, 0.3) is 41.0 Å². The van der Waals surface area contributed by atoms with Crippen LogP contribution >= 0.6 is 0 Å². The zero-order valence-corrected chi connectivity index (χ0v) is 42.8. The number of ether oxygens (including phenoxy) is 12. The molecule has 0 unspecified atom stereocenters. The highest BCUT2D eigenvalue weighted by molar-refractivity contribution is 6.17. The second kappa shape index (κ2) is 22.2. The summed E-state index contributed by atoms with van der Waals surface area (Å²) >= 11 is 0. The monoisotopic (exact) mass is 1260 g/mol. The Bertz CT molecular complexity index is 3300. The molecule has 0 aromatic carbocycles. The van der Waals surface area contributed by atoms with Crippen molar-refractivity contribution in [1.29, 1.82) is 0 Å². The van der Waals surface area contributed by atoms with E-state index in [2.05, 4.69) is 18.9 Å². The van der Waals surface area contributed by atoms with Crippen molar-refractivity contribution < 1.29 is 168 Å². The number of aliphatic hydroxyl groups excluding tert-OH is 3. The number of hydrogen-bond donors (Lipinski definition) is 3. The summed E-state index contributed by atoms with van der Waals surface area (Å²) in [5.41, 5.74) is -5.14. The molecule has 6 aliphatic heterocycles. The van der Waals surface area contributed by atoms with Crippen molar-refractivity contribution in [1.82, 2.24) is 0 Å². The third kappa shape index (κ3) is 12.1. The minimum absolute atomic E-state index is 0.333. The molecule has 466 valence electrons. The van der Waals surface area contributed by atoms with E-state index < -0.39 is 164 Å². The molecule has 8 rings (SSSR count). The topological polar surface area (TPSA) is 325 Å². The smallest absolute Gasteiger partial charge is 0.478 e. The Morgan fingerprint density at radius 3 is 0.701 bits per heavy atom. The predicted octanol–water partition coefficient (Wildman–Crippen LogP) is 7.01. The van der Waals surface area contributed by atoms with Crippen LogP contribution < -0.4 is 0 Å². The summed E-state index contributed by atoms with van der Waals surface area (Å²) in [6.45, 7) is 0. The second-order valence-corrected chi connectivity index (χ2v) is 18.8. The second-order valence-electron chi connectivity index (χ2n) is 18.8. The Labute approximate surface area is 474 Å². The zero-order valence-electron chi connectivity index (χ0n) is 42.8. The van der Waals surface area contributed by atoms with Crippen molar-refractivity contribution in [2.45, 2.75) is 111 Å². The van der Waals surface area contributed by atoms with Crippen LogP contribution in [0.25, 0.3) is 0 Å². The molecular weight excluding hydrogens is 1220 g/mol. The normalized spacial score (nSPS) is 28.3. The Kier molecular flexibility index (Phi) is 16.1. The lowest BCUT2D eigenvalue weighted by Crippen LogP contribution is -2.63. The average molecular weight is 1260 g/mol. The summed E-state index contributed by atoms with van der Waals surface area (Å²) in [5.74, 6) is -36.7. The fourth-order valence-corrected chi connectivity index (χ4v) is 8.74. The molecule has 6 heterocycles. The summed E-state index contributed by atoms with van der Waals surface area (Å²) in [5, 5.41) is 30.1. The molecule has 4 spiro atoms. The van der Waals surface area contributed by atoms with E-state index in [1.165, 1.54) is 6.08 Å². The third-order valence-electron chi connectivity index (χ3n) is 13.1. The van der Waals surface area contributed by atoms with Crippen LogP contribution in [0.2, 0.25) is 0 Å². The summed E-state index contributed by atoms with van der Waals surface area (Å²) in [6, 6.07) is 0. The van der Waals surface area contributed by atoms with E-state index in [0.29, 0.717) is 12.2 Å². The van der Waals surface area contributed by atoms with E-state index >= 15 is 0 Å². The molecule has 0 bridgehead atoms. The van der Waals surface area contributed by atoms with Gasteiger partial charge in [-0.05, 0) is 36.5 Å². The number of carbonyl (C=O) groups excluding carboxylic acids is 9. The van der Waals surface area contributed by atoms with Crippen LogP contribution in [0.1, 0.15) is 51.4 Å². The SMILES string of the molecule is O=C1OC2(CCC3(CC2)OC(=O)C(=C/C=C/C=C/C2=C(O)OC(C(F)(F)F)(C(F)(F)F)OC2=O)C(=O)O3)OC(=O)C1=CC=CC=CC1=C(O)OC2(CCC3(CC2)OC(=O)C(=CC=CC=CC2=C(O)OC(C(F)(F)F)(C(F)(F)F)OC2=O)C(=O)O3)OC1=O. The fourth-order valence-electron chi connectivity index (χ4n) is 8.74. The van der Waals surface area contributed by atoms with Gasteiger partial charge in [-0.1, -0.05) is 54.7 Å². The van der Waals surface area contributed by atoms with Gasteiger partial charge in [-0.15, -0.1) is 0 Å². The van der Waals surface area contributed by atoms with Crippen LogP contribution in [0.15, 0.2) is 142 Å². The maximum atomic E-state index is 13.2. The minimum atomic E-state index is -6.36. The molecule has 87 heavy (non-hydrogen) atoms. The van der Waals surface area contributed by atoms with Crippen LogP contribution in [0.5, 0.6) is 0 Å². The van der Waals surface area contributed by atoms with Gasteiger partial charge in [0.05, 0.1) is 0 Å². The Hall–Kier alpha value is -9.93. The number of carbonyl (C=O) groups is 9. The molecule has 0 radical (unpaired) electrons. The van der Waals surface area contributed by atoms with Crippen LogP contribution in [0.4, 0.5) is 52.7 Å². The number of cyclic esters (lactones) is 2. The maximum Gasteiger partial charge on any atom is 0.478 e. The highest BCUT2D eigenvalue weighted by Crippen LogP contribution is 2.53. The standard InChI is InChI=1S/C51H34F12O24/c52-48(53,54)46(49(55,56)57)84-38(72)28(39(73)85-46)14-8-2-6-12-26-34(68)80-44(81-35(26)69)20-16-42(17-21-44)76-30(64)24(31(65)77-42)10-4-1-5-11-25-32(66)78-43(79-33(25)67)18-22-45(23-19-43)82-36(70)27(37(71)83-45)13-7-3-9-15-29-40(74)86-47(50(58,59)60,51(61,62)63)87-41(29)75/h1-15,64,72,74H,16-23H2/b5-1?,6-2?,7-3+,10-4?,14-8?,15-9+,25-11?,26-12?,27-13?. The van der Waals surface area contributed by atoms with Crippen molar-refractivity contribution >= 4 is 53.7 Å².